The van der Waals surface area contributed by atoms with E-state index in [9.17, 15) is 14.4 Å². The molecule has 0 bridgehead atoms. The molecule has 0 aliphatic carbocycles. The Morgan fingerprint density at radius 3 is 1.54 bits per heavy atom. The molecule has 5 heteroatoms. The molecule has 4 nitrogen and oxygen atoms in total. The van der Waals surface area contributed by atoms with Gasteiger partial charge in [0.15, 0.2) is 0 Å². The molecule has 3 aromatic rings. The van der Waals surface area contributed by atoms with Gasteiger partial charge in [-0.15, -0.1) is 0 Å². The van der Waals surface area contributed by atoms with Crippen molar-refractivity contribution in [3.8, 4) is 0 Å². The van der Waals surface area contributed by atoms with Crippen LogP contribution in [-0.4, -0.2) is 18.9 Å². The molecule has 26 heavy (non-hydrogen) atoms. The van der Waals surface area contributed by atoms with Crippen molar-refractivity contribution in [1.82, 2.24) is 0 Å². The average molecular weight is 359 g/mol. The summed E-state index contributed by atoms with van der Waals surface area (Å²) in [4.78, 5) is 37.2. The van der Waals surface area contributed by atoms with Crippen molar-refractivity contribution in [1.29, 1.82) is 0 Å². The molecule has 0 N–H and O–H groups in total. The Morgan fingerprint density at radius 2 is 1.08 bits per heavy atom. The Bertz CT molecular complexity index is 970. The van der Waals surface area contributed by atoms with Gasteiger partial charge in [-0.25, -0.2) is 0 Å². The first kappa shape index (κ1) is 16.3. The lowest BCUT2D eigenvalue weighted by atomic mass is 10.1. The van der Waals surface area contributed by atoms with Crippen LogP contribution in [0.3, 0.4) is 0 Å². The van der Waals surface area contributed by atoms with E-state index >= 15 is 0 Å². The summed E-state index contributed by atoms with van der Waals surface area (Å²) in [6.45, 7) is 0. The molecule has 0 saturated heterocycles. The summed E-state index contributed by atoms with van der Waals surface area (Å²) >= 11 is 1.53. The van der Waals surface area contributed by atoms with Crippen molar-refractivity contribution in [2.75, 3.05) is 4.90 Å². The summed E-state index contributed by atoms with van der Waals surface area (Å²) < 4.78 is 0. The highest BCUT2D eigenvalue weighted by Gasteiger charge is 2.25. The molecule has 0 saturated carbocycles. The van der Waals surface area contributed by atoms with Crippen LogP contribution < -0.4 is 4.90 Å². The predicted octanol–water partition coefficient (Wildman–Crippen LogP) is 5.06. The molecular weight excluding hydrogens is 346 g/mol. The number of benzene rings is 3. The van der Waals surface area contributed by atoms with Gasteiger partial charge in [-0.2, -0.15) is 0 Å². The minimum absolute atomic E-state index is 0.600. The number of hydrogen-bond donors (Lipinski definition) is 0. The molecule has 1 heterocycles. The van der Waals surface area contributed by atoms with Crippen LogP contribution in [0.15, 0.2) is 70.5 Å². The molecule has 3 aromatic carbocycles. The molecule has 0 fully saturated rings. The van der Waals surface area contributed by atoms with Gasteiger partial charge in [-0.1, -0.05) is 11.8 Å². The number of carbonyl (C=O) groups excluding carboxylic acids is 3. The first-order valence-corrected chi connectivity index (χ1v) is 8.77. The summed E-state index contributed by atoms with van der Waals surface area (Å²) in [5.41, 5.74) is 4.60. The van der Waals surface area contributed by atoms with E-state index in [1.165, 1.54) is 11.8 Å². The van der Waals surface area contributed by atoms with Crippen molar-refractivity contribution in [2.45, 2.75) is 9.79 Å². The van der Waals surface area contributed by atoms with E-state index in [0.29, 0.717) is 16.7 Å². The predicted molar refractivity (Wildman–Crippen MR) is 101 cm³/mol. The fourth-order valence-corrected chi connectivity index (χ4v) is 4.12. The van der Waals surface area contributed by atoms with Crippen LogP contribution in [0, 0.1) is 0 Å². The Morgan fingerprint density at radius 1 is 0.615 bits per heavy atom. The molecule has 1 aliphatic heterocycles. The Hall–Kier alpha value is -3.18. The number of aldehydes is 3. The zero-order valence-electron chi connectivity index (χ0n) is 13.6. The maximum atomic E-state index is 11.2. The van der Waals surface area contributed by atoms with Gasteiger partial charge < -0.3 is 4.90 Å². The number of carbonyl (C=O) groups is 3. The van der Waals surface area contributed by atoms with Gasteiger partial charge in [-0.05, 0) is 60.7 Å². The van der Waals surface area contributed by atoms with Gasteiger partial charge in [-0.3, -0.25) is 14.4 Å². The quantitative estimate of drug-likeness (QED) is 0.477. The van der Waals surface area contributed by atoms with Crippen LogP contribution in [0.25, 0.3) is 0 Å². The summed E-state index contributed by atoms with van der Waals surface area (Å²) in [6, 6.07) is 18.4. The SMILES string of the molecule is O=Cc1ccc(N2c3ccc(C=O)cc3Sc3cc(C=O)ccc32)cc1. The number of rotatable bonds is 4. The van der Waals surface area contributed by atoms with Crippen LogP contribution in [0.2, 0.25) is 0 Å². The van der Waals surface area contributed by atoms with E-state index < -0.39 is 0 Å². The third-order valence-electron chi connectivity index (χ3n) is 4.23. The van der Waals surface area contributed by atoms with E-state index in [-0.39, 0.29) is 0 Å². The standard InChI is InChI=1S/C21H13NO3S/c23-11-14-1-5-17(6-2-14)22-18-7-3-15(12-24)9-20(18)26-21-10-16(13-25)4-8-19(21)22/h1-13H. The maximum Gasteiger partial charge on any atom is 0.150 e. The van der Waals surface area contributed by atoms with Gasteiger partial charge in [0.2, 0.25) is 0 Å². The van der Waals surface area contributed by atoms with Crippen LogP contribution in [0.1, 0.15) is 31.1 Å². The summed E-state index contributed by atoms with van der Waals surface area (Å²) in [6.07, 6.45) is 2.45. The molecule has 0 spiro atoms. The van der Waals surface area contributed by atoms with Crippen molar-refractivity contribution in [2.24, 2.45) is 0 Å². The van der Waals surface area contributed by atoms with Gasteiger partial charge in [0.1, 0.15) is 18.9 Å². The summed E-state index contributed by atoms with van der Waals surface area (Å²) in [7, 11) is 0. The highest BCUT2D eigenvalue weighted by molar-refractivity contribution is 7.99. The molecule has 0 unspecified atom stereocenters. The molecular formula is C21H13NO3S. The number of hydrogen-bond acceptors (Lipinski definition) is 5. The van der Waals surface area contributed by atoms with Crippen LogP contribution in [0.5, 0.6) is 0 Å². The van der Waals surface area contributed by atoms with E-state index in [2.05, 4.69) is 4.90 Å². The number of nitrogens with zero attached hydrogens (tertiary/aromatic N) is 1. The number of anilines is 3. The van der Waals surface area contributed by atoms with E-state index in [1.807, 2.05) is 36.4 Å². The van der Waals surface area contributed by atoms with Gasteiger partial charge in [0.05, 0.1) is 11.4 Å². The fraction of sp³-hybridized carbons (Fsp3) is 0. The zero-order chi connectivity index (χ0) is 18.1. The lowest BCUT2D eigenvalue weighted by Gasteiger charge is -2.33. The molecule has 0 atom stereocenters. The summed E-state index contributed by atoms with van der Waals surface area (Å²) in [5.74, 6) is 0. The monoisotopic (exact) mass is 359 g/mol. The second kappa shape index (κ2) is 6.61. The maximum absolute atomic E-state index is 11.2. The van der Waals surface area contributed by atoms with E-state index in [4.69, 9.17) is 0 Å². The van der Waals surface area contributed by atoms with Crippen LogP contribution >= 0.6 is 11.8 Å². The first-order valence-electron chi connectivity index (χ1n) is 7.95. The van der Waals surface area contributed by atoms with Gasteiger partial charge >= 0.3 is 0 Å². The molecule has 0 aromatic heterocycles. The minimum Gasteiger partial charge on any atom is -0.308 e. The van der Waals surface area contributed by atoms with Crippen LogP contribution in [-0.2, 0) is 0 Å². The Balaban J connectivity index is 1.92. The highest BCUT2D eigenvalue weighted by atomic mass is 32.2. The molecule has 126 valence electrons. The second-order valence-corrected chi connectivity index (χ2v) is 6.92. The topological polar surface area (TPSA) is 54.5 Å². The Kier molecular flexibility index (Phi) is 4.14. The fourth-order valence-electron chi connectivity index (χ4n) is 2.97. The molecule has 4 rings (SSSR count). The van der Waals surface area contributed by atoms with Crippen molar-refractivity contribution < 1.29 is 14.4 Å². The normalized spacial score (nSPS) is 12.1. The van der Waals surface area contributed by atoms with Crippen LogP contribution in [0.4, 0.5) is 17.1 Å². The number of fused-ring (bicyclic) bond motifs is 2. The van der Waals surface area contributed by atoms with Crippen molar-refractivity contribution in [3.63, 3.8) is 0 Å². The first-order chi connectivity index (χ1) is 12.7. The third kappa shape index (κ3) is 2.72. The molecule has 1 aliphatic rings. The van der Waals surface area contributed by atoms with Gasteiger partial charge in [0.25, 0.3) is 0 Å². The summed E-state index contributed by atoms with van der Waals surface area (Å²) in [5, 5.41) is 0. The highest BCUT2D eigenvalue weighted by Crippen LogP contribution is 2.51. The van der Waals surface area contributed by atoms with E-state index in [1.54, 1.807) is 24.3 Å². The van der Waals surface area contributed by atoms with Crippen molar-refractivity contribution in [3.05, 3.63) is 77.4 Å². The minimum atomic E-state index is 0.600. The smallest absolute Gasteiger partial charge is 0.150 e. The van der Waals surface area contributed by atoms with E-state index in [0.717, 1.165) is 45.7 Å². The lowest BCUT2D eigenvalue weighted by molar-refractivity contribution is 0.111. The molecule has 0 radical (unpaired) electrons. The van der Waals surface area contributed by atoms with Gasteiger partial charge in [0, 0.05) is 32.2 Å². The van der Waals surface area contributed by atoms with Crippen molar-refractivity contribution >= 4 is 47.7 Å². The largest absolute Gasteiger partial charge is 0.308 e. The second-order valence-electron chi connectivity index (χ2n) is 5.84. The lowest BCUT2D eigenvalue weighted by Crippen LogP contribution is -2.15. The molecule has 0 amide bonds. The average Bonchev–Trinajstić information content (AvgIpc) is 2.71. The zero-order valence-corrected chi connectivity index (χ0v) is 14.4. The Labute approximate surface area is 154 Å². The third-order valence-corrected chi connectivity index (χ3v) is 5.32.